The van der Waals surface area contributed by atoms with E-state index in [0.717, 1.165) is 11.3 Å². The first kappa shape index (κ1) is 14.9. The lowest BCUT2D eigenvalue weighted by Crippen LogP contribution is -2.27. The lowest BCUT2D eigenvalue weighted by atomic mass is 9.87. The third-order valence-electron chi connectivity index (χ3n) is 3.83. The molecule has 2 aromatic rings. The largest absolute Gasteiger partial charge is 0.497 e. The molecule has 1 aromatic carbocycles. The minimum absolute atomic E-state index is 0.0466. The maximum atomic E-state index is 11.6. The van der Waals surface area contributed by atoms with Crippen LogP contribution in [0.1, 0.15) is 22.7 Å². The summed E-state index contributed by atoms with van der Waals surface area (Å²) < 4.78 is 10.7. The topological polar surface area (TPSA) is 102 Å². The molecule has 0 spiro atoms. The average Bonchev–Trinajstić information content (AvgIpc) is 2.94. The summed E-state index contributed by atoms with van der Waals surface area (Å²) in [4.78, 5) is 11.2. The molecule has 0 radical (unpaired) electrons. The molecule has 0 bridgehead atoms. The lowest BCUT2D eigenvalue weighted by molar-refractivity contribution is -0.432. The van der Waals surface area contributed by atoms with Gasteiger partial charge >= 0.3 is 5.70 Å². The molecule has 1 atom stereocenters. The molecule has 1 aliphatic heterocycles. The quantitative estimate of drug-likeness (QED) is 0.660. The van der Waals surface area contributed by atoms with Crippen molar-refractivity contribution in [3.63, 3.8) is 0 Å². The molecule has 0 fully saturated rings. The molecule has 1 aliphatic rings. The van der Waals surface area contributed by atoms with Crippen molar-refractivity contribution in [2.75, 3.05) is 14.2 Å². The van der Waals surface area contributed by atoms with Crippen LogP contribution in [0, 0.1) is 17.0 Å². The second kappa shape index (κ2) is 5.64. The molecule has 0 aliphatic carbocycles. The third-order valence-corrected chi connectivity index (χ3v) is 3.83. The van der Waals surface area contributed by atoms with Crippen molar-refractivity contribution in [1.29, 1.82) is 0 Å². The molecule has 0 saturated carbocycles. The van der Waals surface area contributed by atoms with E-state index in [9.17, 15) is 10.1 Å². The molecule has 23 heavy (non-hydrogen) atoms. The third kappa shape index (κ3) is 2.37. The summed E-state index contributed by atoms with van der Waals surface area (Å²) in [5.41, 5.74) is 2.12. The van der Waals surface area contributed by atoms with Gasteiger partial charge in [0, 0.05) is 12.7 Å². The Morgan fingerprint density at radius 3 is 2.65 bits per heavy atom. The summed E-state index contributed by atoms with van der Waals surface area (Å²) in [6, 6.07) is 7.16. The van der Waals surface area contributed by atoms with Crippen molar-refractivity contribution >= 4 is 0 Å². The van der Waals surface area contributed by atoms with E-state index in [2.05, 4.69) is 15.5 Å². The van der Waals surface area contributed by atoms with Crippen LogP contribution < -0.4 is 14.8 Å². The van der Waals surface area contributed by atoms with Crippen molar-refractivity contribution < 1.29 is 14.4 Å². The Morgan fingerprint density at radius 2 is 2.09 bits per heavy atom. The molecule has 0 saturated heterocycles. The van der Waals surface area contributed by atoms with Gasteiger partial charge in [-0.15, -0.1) is 5.10 Å². The number of hydrogen-bond acceptors (Lipinski definition) is 6. The van der Waals surface area contributed by atoms with Crippen LogP contribution in [0.25, 0.3) is 0 Å². The van der Waals surface area contributed by atoms with Crippen molar-refractivity contribution in [2.45, 2.75) is 12.8 Å². The minimum Gasteiger partial charge on any atom is -0.497 e. The zero-order valence-corrected chi connectivity index (χ0v) is 12.9. The summed E-state index contributed by atoms with van der Waals surface area (Å²) in [6.07, 6.45) is 0. The van der Waals surface area contributed by atoms with Crippen molar-refractivity contribution in [1.82, 2.24) is 15.5 Å². The SMILES string of the molecule is CNC1=C([N+](=O)[O-])C(c2ccc(OC)cc2)c2c(n[nH]c2C)O1. The van der Waals surface area contributed by atoms with Gasteiger partial charge in [0.15, 0.2) is 0 Å². The Bertz CT molecular complexity index is 779. The number of rotatable bonds is 4. The van der Waals surface area contributed by atoms with E-state index in [1.54, 1.807) is 26.3 Å². The molecular formula is C15H16N4O4. The summed E-state index contributed by atoms with van der Waals surface area (Å²) in [7, 11) is 3.15. The van der Waals surface area contributed by atoms with Gasteiger partial charge in [-0.25, -0.2) is 0 Å². The maximum Gasteiger partial charge on any atom is 0.317 e. The van der Waals surface area contributed by atoms with Crippen LogP contribution in [0.5, 0.6) is 11.6 Å². The van der Waals surface area contributed by atoms with E-state index in [1.165, 1.54) is 0 Å². The minimum atomic E-state index is -0.583. The van der Waals surface area contributed by atoms with Crippen LogP contribution in [0.3, 0.4) is 0 Å². The Kier molecular flexibility index (Phi) is 3.65. The van der Waals surface area contributed by atoms with Crippen molar-refractivity contribution in [3.8, 4) is 11.6 Å². The van der Waals surface area contributed by atoms with Gasteiger partial charge in [-0.2, -0.15) is 0 Å². The first-order valence-electron chi connectivity index (χ1n) is 6.99. The van der Waals surface area contributed by atoms with Gasteiger partial charge in [0.1, 0.15) is 11.7 Å². The average molecular weight is 316 g/mol. The lowest BCUT2D eigenvalue weighted by Gasteiger charge is -2.23. The van der Waals surface area contributed by atoms with Crippen LogP contribution in [0.15, 0.2) is 35.8 Å². The summed E-state index contributed by atoms with van der Waals surface area (Å²) in [5.74, 6) is 0.541. The Morgan fingerprint density at radius 1 is 1.39 bits per heavy atom. The van der Waals surface area contributed by atoms with Gasteiger partial charge in [-0.3, -0.25) is 15.2 Å². The number of benzene rings is 1. The van der Waals surface area contributed by atoms with Crippen LogP contribution in [-0.4, -0.2) is 29.3 Å². The Hall–Kier alpha value is -3.03. The molecule has 3 rings (SSSR count). The number of nitrogens with one attached hydrogen (secondary N) is 2. The van der Waals surface area contributed by atoms with Crippen molar-refractivity contribution in [2.24, 2.45) is 0 Å². The van der Waals surface area contributed by atoms with Crippen LogP contribution in [0.4, 0.5) is 0 Å². The number of aromatic nitrogens is 2. The predicted octanol–water partition coefficient (Wildman–Crippen LogP) is 1.92. The molecule has 120 valence electrons. The van der Waals surface area contributed by atoms with Crippen LogP contribution >= 0.6 is 0 Å². The number of allylic oxidation sites excluding steroid dienone is 1. The zero-order chi connectivity index (χ0) is 16.6. The van der Waals surface area contributed by atoms with E-state index in [4.69, 9.17) is 9.47 Å². The van der Waals surface area contributed by atoms with Gasteiger partial charge in [0.2, 0.25) is 5.88 Å². The number of aryl methyl sites for hydroxylation is 1. The molecule has 2 heterocycles. The molecular weight excluding hydrogens is 300 g/mol. The van der Waals surface area contributed by atoms with Gasteiger partial charge in [-0.05, 0) is 24.6 Å². The van der Waals surface area contributed by atoms with E-state index >= 15 is 0 Å². The molecule has 2 N–H and O–H groups in total. The number of fused-ring (bicyclic) bond motifs is 1. The summed E-state index contributed by atoms with van der Waals surface area (Å²) in [6.45, 7) is 1.81. The first-order chi connectivity index (χ1) is 11.1. The highest BCUT2D eigenvalue weighted by molar-refractivity contribution is 5.50. The summed E-state index contributed by atoms with van der Waals surface area (Å²) >= 11 is 0. The zero-order valence-electron chi connectivity index (χ0n) is 12.9. The number of ether oxygens (including phenoxy) is 2. The summed E-state index contributed by atoms with van der Waals surface area (Å²) in [5, 5.41) is 21.3. The molecule has 0 amide bonds. The van der Waals surface area contributed by atoms with E-state index < -0.39 is 10.8 Å². The van der Waals surface area contributed by atoms with Crippen LogP contribution in [0.2, 0.25) is 0 Å². The van der Waals surface area contributed by atoms with E-state index in [1.807, 2.05) is 19.1 Å². The van der Waals surface area contributed by atoms with Gasteiger partial charge in [0.05, 0.1) is 17.6 Å². The Balaban J connectivity index is 2.20. The number of methoxy groups -OCH3 is 1. The maximum absolute atomic E-state index is 11.6. The number of hydrogen-bond donors (Lipinski definition) is 2. The fraction of sp³-hybridized carbons (Fsp3) is 0.267. The fourth-order valence-corrected chi connectivity index (χ4v) is 2.74. The smallest absolute Gasteiger partial charge is 0.317 e. The van der Waals surface area contributed by atoms with E-state index in [0.29, 0.717) is 17.2 Å². The van der Waals surface area contributed by atoms with Gasteiger partial charge < -0.3 is 14.8 Å². The molecule has 1 aromatic heterocycles. The standard InChI is InChI=1S/C15H16N4O4/c1-8-11-12(9-4-6-10(22-3)7-5-9)13(19(20)21)15(16-2)23-14(11)18-17-8/h4-7,12,16H,1-3H3,(H,17,18). The molecule has 8 nitrogen and oxygen atoms in total. The second-order valence-corrected chi connectivity index (χ2v) is 5.10. The number of H-pyrrole nitrogens is 1. The number of aromatic amines is 1. The highest BCUT2D eigenvalue weighted by Gasteiger charge is 2.42. The highest BCUT2D eigenvalue weighted by Crippen LogP contribution is 2.43. The van der Waals surface area contributed by atoms with Crippen molar-refractivity contribution in [3.05, 3.63) is 62.8 Å². The molecule has 1 unspecified atom stereocenters. The Labute approximate surface area is 132 Å². The fourth-order valence-electron chi connectivity index (χ4n) is 2.74. The van der Waals surface area contributed by atoms with Gasteiger partial charge in [0.25, 0.3) is 5.88 Å². The second-order valence-electron chi connectivity index (χ2n) is 5.10. The first-order valence-corrected chi connectivity index (χ1v) is 6.99. The highest BCUT2D eigenvalue weighted by atomic mass is 16.6. The monoisotopic (exact) mass is 316 g/mol. The normalized spacial score (nSPS) is 16.6. The number of nitro groups is 1. The predicted molar refractivity (Wildman–Crippen MR) is 81.9 cm³/mol. The van der Waals surface area contributed by atoms with E-state index in [-0.39, 0.29) is 11.6 Å². The van der Waals surface area contributed by atoms with Crippen LogP contribution in [-0.2, 0) is 0 Å². The number of nitrogens with zero attached hydrogens (tertiary/aromatic N) is 2. The molecule has 8 heteroatoms. The van der Waals surface area contributed by atoms with Gasteiger partial charge in [-0.1, -0.05) is 12.1 Å².